The molecule has 2 aliphatic rings. The minimum Gasteiger partial charge on any atom is -0.379 e. The van der Waals surface area contributed by atoms with Gasteiger partial charge < -0.3 is 14.6 Å². The highest BCUT2D eigenvalue weighted by Crippen LogP contribution is 2.36. The first kappa shape index (κ1) is 30.3. The summed E-state index contributed by atoms with van der Waals surface area (Å²) in [6.07, 6.45) is 7.82. The summed E-state index contributed by atoms with van der Waals surface area (Å²) in [5.41, 5.74) is 1.54. The molecule has 10 nitrogen and oxygen atoms in total. The van der Waals surface area contributed by atoms with Gasteiger partial charge in [-0.05, 0) is 68.7 Å². The lowest BCUT2D eigenvalue weighted by atomic mass is 9.96. The number of aromatic nitrogens is 2. The molecular weight excluding hydrogens is 554 g/mol. The molecule has 2 bridgehead atoms. The van der Waals surface area contributed by atoms with Gasteiger partial charge in [0, 0.05) is 63.3 Å². The van der Waals surface area contributed by atoms with Crippen molar-refractivity contribution < 1.29 is 17.9 Å². The molecule has 0 aliphatic carbocycles. The van der Waals surface area contributed by atoms with Crippen LogP contribution in [-0.4, -0.2) is 83.8 Å². The molecule has 0 spiro atoms. The van der Waals surface area contributed by atoms with Crippen LogP contribution < -0.4 is 10.9 Å². The first-order valence-electron chi connectivity index (χ1n) is 14.6. The van der Waals surface area contributed by atoms with Crippen LogP contribution in [0.2, 0.25) is 0 Å². The maximum atomic E-state index is 13.4. The number of nitrogens with zero attached hydrogens (tertiary/aromatic N) is 4. The topological polar surface area (TPSA) is 114 Å². The van der Waals surface area contributed by atoms with Crippen LogP contribution in [0.15, 0.2) is 59.7 Å². The molecule has 2 unspecified atom stereocenters. The Kier molecular flexibility index (Phi) is 9.12. The first-order chi connectivity index (χ1) is 20.0. The van der Waals surface area contributed by atoms with E-state index in [9.17, 15) is 18.0 Å². The number of carbonyl (C=O) groups excluding carboxylic acids is 1. The molecule has 2 aliphatic heterocycles. The third kappa shape index (κ3) is 6.59. The second-order valence-electron chi connectivity index (χ2n) is 11.9. The van der Waals surface area contributed by atoms with Crippen molar-refractivity contribution in [1.29, 1.82) is 0 Å². The molecule has 0 radical (unpaired) electrons. The van der Waals surface area contributed by atoms with Gasteiger partial charge in [0.25, 0.3) is 11.5 Å². The summed E-state index contributed by atoms with van der Waals surface area (Å²) in [6, 6.07) is 13.4. The lowest BCUT2D eigenvalue weighted by Crippen LogP contribution is -2.54. The number of sulfonamides is 1. The largest absolute Gasteiger partial charge is 0.379 e. The molecule has 2 aromatic heterocycles. The highest BCUT2D eigenvalue weighted by Gasteiger charge is 2.42. The molecule has 4 heterocycles. The van der Waals surface area contributed by atoms with E-state index in [1.807, 2.05) is 44.2 Å². The van der Waals surface area contributed by atoms with Crippen LogP contribution in [0.25, 0.3) is 10.9 Å². The van der Waals surface area contributed by atoms with Crippen molar-refractivity contribution in [3.8, 4) is 0 Å². The Morgan fingerprint density at radius 1 is 1.14 bits per heavy atom. The molecule has 3 aromatic rings. The van der Waals surface area contributed by atoms with Crippen molar-refractivity contribution in [2.75, 3.05) is 26.5 Å². The predicted octanol–water partition coefficient (Wildman–Crippen LogP) is 3.18. The van der Waals surface area contributed by atoms with Gasteiger partial charge in [-0.15, -0.1) is 0 Å². The molecule has 1 aromatic carbocycles. The van der Waals surface area contributed by atoms with Crippen LogP contribution in [0.5, 0.6) is 0 Å². The number of methoxy groups -OCH3 is 1. The van der Waals surface area contributed by atoms with Crippen molar-refractivity contribution in [2.45, 2.75) is 76.3 Å². The van der Waals surface area contributed by atoms with E-state index in [0.717, 1.165) is 42.1 Å². The van der Waals surface area contributed by atoms with Gasteiger partial charge in [0.05, 0.1) is 17.9 Å². The fourth-order valence-corrected chi connectivity index (χ4v) is 7.42. The molecule has 0 saturated carbocycles. The van der Waals surface area contributed by atoms with Crippen LogP contribution in [0.3, 0.4) is 0 Å². The second kappa shape index (κ2) is 12.6. The number of pyridine rings is 2. The Morgan fingerprint density at radius 3 is 2.48 bits per heavy atom. The van der Waals surface area contributed by atoms with Crippen LogP contribution in [0.4, 0.5) is 0 Å². The van der Waals surface area contributed by atoms with E-state index in [0.29, 0.717) is 6.54 Å². The van der Waals surface area contributed by atoms with Gasteiger partial charge in [-0.1, -0.05) is 24.3 Å². The number of benzene rings is 1. The van der Waals surface area contributed by atoms with Gasteiger partial charge in [0.2, 0.25) is 10.0 Å². The van der Waals surface area contributed by atoms with E-state index in [4.69, 9.17) is 4.74 Å². The Labute approximate surface area is 247 Å². The summed E-state index contributed by atoms with van der Waals surface area (Å²) in [6.45, 7) is 4.98. The minimum atomic E-state index is -3.46. The molecule has 4 atom stereocenters. The number of carbonyl (C=O) groups is 1. The van der Waals surface area contributed by atoms with E-state index in [1.165, 1.54) is 10.6 Å². The zero-order valence-electron chi connectivity index (χ0n) is 24.8. The lowest BCUT2D eigenvalue weighted by Gasteiger charge is -2.41. The highest BCUT2D eigenvalue weighted by molar-refractivity contribution is 7.88. The zero-order valence-corrected chi connectivity index (χ0v) is 25.6. The first-order valence-corrected chi connectivity index (χ1v) is 16.5. The molecule has 42 heavy (non-hydrogen) atoms. The van der Waals surface area contributed by atoms with Crippen molar-refractivity contribution in [3.05, 3.63) is 76.3 Å². The van der Waals surface area contributed by atoms with Gasteiger partial charge in [0.1, 0.15) is 5.56 Å². The molecule has 11 heteroatoms. The lowest BCUT2D eigenvalue weighted by molar-refractivity contribution is 0.0172. The number of nitrogens with one attached hydrogen (secondary N) is 1. The maximum Gasteiger partial charge on any atom is 0.264 e. The Hall–Kier alpha value is -3.12. The van der Waals surface area contributed by atoms with E-state index < -0.39 is 10.0 Å². The maximum absolute atomic E-state index is 13.4. The van der Waals surface area contributed by atoms with Crippen molar-refractivity contribution in [2.24, 2.45) is 0 Å². The molecule has 2 saturated heterocycles. The van der Waals surface area contributed by atoms with Crippen molar-refractivity contribution >= 4 is 26.8 Å². The summed E-state index contributed by atoms with van der Waals surface area (Å²) in [7, 11) is -1.84. The quantitative estimate of drug-likeness (QED) is 0.362. The van der Waals surface area contributed by atoms with E-state index >= 15 is 0 Å². The fourth-order valence-electron chi connectivity index (χ4n) is 6.60. The molecule has 1 amide bonds. The van der Waals surface area contributed by atoms with Gasteiger partial charge in [0.15, 0.2) is 0 Å². The standard InChI is InChI=1S/C31H41N5O5S/c1-21(2)36-29-10-6-5-9-23(29)14-28(31(36)38)30(37)33-24-15-25-11-12-26(16-24)35(25)20-27(41-3)19-34(42(4,39)40)18-22-8-7-13-32-17-22/h5-10,13-14,17,21,24-27H,11-12,15-16,18-20H2,1-4H3,(H,33,37)/t24?,25-,26+,27?. The normalized spacial score (nSPS) is 21.7. The van der Waals surface area contributed by atoms with Gasteiger partial charge >= 0.3 is 0 Å². The van der Waals surface area contributed by atoms with Crippen LogP contribution >= 0.6 is 0 Å². The summed E-state index contributed by atoms with van der Waals surface area (Å²) in [5.74, 6) is -0.327. The molecule has 226 valence electrons. The Bertz CT molecular complexity index is 1560. The Balaban J connectivity index is 1.25. The summed E-state index contributed by atoms with van der Waals surface area (Å²) in [4.78, 5) is 33.3. The van der Waals surface area contributed by atoms with Crippen LogP contribution in [0, 0.1) is 0 Å². The number of piperidine rings is 1. The average Bonchev–Trinajstić information content (AvgIpc) is 3.17. The van der Waals surface area contributed by atoms with E-state index in [-0.39, 0.29) is 60.4 Å². The van der Waals surface area contributed by atoms with E-state index in [1.54, 1.807) is 36.2 Å². The molecule has 2 fully saturated rings. The zero-order chi connectivity index (χ0) is 30.0. The number of amides is 1. The van der Waals surface area contributed by atoms with Crippen LogP contribution in [0.1, 0.15) is 61.5 Å². The number of para-hydroxylation sites is 1. The molecule has 5 rings (SSSR count). The van der Waals surface area contributed by atoms with Gasteiger partial charge in [-0.25, -0.2) is 8.42 Å². The van der Waals surface area contributed by atoms with Gasteiger partial charge in [-0.2, -0.15) is 4.31 Å². The third-order valence-corrected chi connectivity index (χ3v) is 9.85. The molecular formula is C31H41N5O5S. The number of rotatable bonds is 11. The Morgan fingerprint density at radius 2 is 1.86 bits per heavy atom. The smallest absolute Gasteiger partial charge is 0.264 e. The number of hydrogen-bond donors (Lipinski definition) is 1. The molecule has 1 N–H and O–H groups in total. The monoisotopic (exact) mass is 595 g/mol. The average molecular weight is 596 g/mol. The van der Waals surface area contributed by atoms with Gasteiger partial charge in [-0.3, -0.25) is 19.5 Å². The number of ether oxygens (including phenoxy) is 1. The SMILES string of the molecule is COC(CN1[C@@H]2CC[C@H]1CC(NC(=O)c1cc3ccccc3n(C(C)C)c1=O)C2)CN(Cc1cccnc1)S(C)(=O)=O. The second-order valence-corrected chi connectivity index (χ2v) is 13.9. The van der Waals surface area contributed by atoms with E-state index in [2.05, 4.69) is 15.2 Å². The number of fused-ring (bicyclic) bond motifs is 3. The van der Waals surface area contributed by atoms with Crippen molar-refractivity contribution in [1.82, 2.24) is 24.1 Å². The van der Waals surface area contributed by atoms with Crippen molar-refractivity contribution in [3.63, 3.8) is 0 Å². The summed E-state index contributed by atoms with van der Waals surface area (Å²) in [5, 5.41) is 4.04. The fraction of sp³-hybridized carbons (Fsp3) is 0.516. The highest BCUT2D eigenvalue weighted by atomic mass is 32.2. The third-order valence-electron chi connectivity index (χ3n) is 8.63. The minimum absolute atomic E-state index is 0.0382. The summed E-state index contributed by atoms with van der Waals surface area (Å²) < 4.78 is 34.2. The number of hydrogen-bond acceptors (Lipinski definition) is 7. The van der Waals surface area contributed by atoms with Crippen LogP contribution in [-0.2, 0) is 21.3 Å². The predicted molar refractivity (Wildman–Crippen MR) is 163 cm³/mol. The summed E-state index contributed by atoms with van der Waals surface area (Å²) >= 11 is 0.